The molecule has 6 heteroatoms. The predicted octanol–water partition coefficient (Wildman–Crippen LogP) is 3.49. The Morgan fingerprint density at radius 3 is 2.34 bits per heavy atom. The van der Waals surface area contributed by atoms with E-state index >= 15 is 0 Å². The summed E-state index contributed by atoms with van der Waals surface area (Å²) in [6, 6.07) is 11.6. The van der Waals surface area contributed by atoms with Gasteiger partial charge in [-0.05, 0) is 30.2 Å². The zero-order valence-corrected chi connectivity index (χ0v) is 16.6. The number of carbonyl (C=O) groups excluding carboxylic acids is 2. The van der Waals surface area contributed by atoms with E-state index in [0.29, 0.717) is 19.6 Å². The van der Waals surface area contributed by atoms with Crippen LogP contribution < -0.4 is 0 Å². The third kappa shape index (κ3) is 3.52. The summed E-state index contributed by atoms with van der Waals surface area (Å²) in [5, 5.41) is 0. The van der Waals surface area contributed by atoms with Gasteiger partial charge in [0.1, 0.15) is 11.6 Å². The number of fused-ring (bicyclic) bond motifs is 1. The summed E-state index contributed by atoms with van der Waals surface area (Å²) in [4.78, 5) is 28.7. The molecule has 29 heavy (non-hydrogen) atoms. The van der Waals surface area contributed by atoms with Gasteiger partial charge in [0.05, 0.1) is 12.5 Å². The van der Waals surface area contributed by atoms with Crippen molar-refractivity contribution in [1.82, 2.24) is 9.80 Å². The van der Waals surface area contributed by atoms with Crippen molar-refractivity contribution in [1.29, 1.82) is 0 Å². The van der Waals surface area contributed by atoms with E-state index in [2.05, 4.69) is 0 Å². The highest BCUT2D eigenvalue weighted by Gasteiger charge is 2.49. The summed E-state index contributed by atoms with van der Waals surface area (Å²) < 4.78 is 27.9. The van der Waals surface area contributed by atoms with Gasteiger partial charge in [-0.2, -0.15) is 0 Å². The third-order valence-electron chi connectivity index (χ3n) is 6.32. The molecule has 2 aromatic carbocycles. The molecule has 3 atom stereocenters. The standard InChI is InChI=1S/C23H24F2N2O2/c1-14-6-3-4-7-17(14)23-19-13-26(11-16(19)12-27(23)15(2)28)22(29)10-18-20(24)8-5-9-21(18)25/h3-9,16,19,23H,10-13H2,1-2H3/t16-,19-,23+/m1/s1. The normalized spacial score (nSPS) is 23.4. The molecule has 2 heterocycles. The van der Waals surface area contributed by atoms with Gasteiger partial charge in [0, 0.05) is 44.0 Å². The number of carbonyl (C=O) groups is 2. The van der Waals surface area contributed by atoms with Crippen LogP contribution in [0.5, 0.6) is 0 Å². The van der Waals surface area contributed by atoms with E-state index < -0.39 is 11.6 Å². The first kappa shape index (κ1) is 19.6. The minimum atomic E-state index is -0.696. The maximum absolute atomic E-state index is 13.9. The van der Waals surface area contributed by atoms with Crippen LogP contribution in [0.15, 0.2) is 42.5 Å². The van der Waals surface area contributed by atoms with Crippen molar-refractivity contribution < 1.29 is 18.4 Å². The van der Waals surface area contributed by atoms with Crippen molar-refractivity contribution in [2.24, 2.45) is 11.8 Å². The molecule has 2 saturated heterocycles. The Labute approximate surface area is 169 Å². The van der Waals surface area contributed by atoms with Gasteiger partial charge in [-0.1, -0.05) is 30.3 Å². The number of amides is 2. The number of aryl methyl sites for hydroxylation is 1. The fourth-order valence-electron chi connectivity index (χ4n) is 4.85. The van der Waals surface area contributed by atoms with Crippen LogP contribution in [0.2, 0.25) is 0 Å². The van der Waals surface area contributed by atoms with E-state index in [4.69, 9.17) is 0 Å². The maximum Gasteiger partial charge on any atom is 0.227 e. The zero-order chi connectivity index (χ0) is 20.7. The first-order valence-electron chi connectivity index (χ1n) is 9.90. The number of hydrogen-bond acceptors (Lipinski definition) is 2. The Bertz CT molecular complexity index is 941. The monoisotopic (exact) mass is 398 g/mol. The van der Waals surface area contributed by atoms with Gasteiger partial charge in [0.15, 0.2) is 0 Å². The molecular weight excluding hydrogens is 374 g/mol. The van der Waals surface area contributed by atoms with E-state index in [0.717, 1.165) is 11.1 Å². The molecule has 2 aromatic rings. The van der Waals surface area contributed by atoms with Crippen LogP contribution in [-0.2, 0) is 16.0 Å². The highest BCUT2D eigenvalue weighted by Crippen LogP contribution is 2.45. The molecule has 2 aliphatic heterocycles. The minimum absolute atomic E-state index is 0.0268. The number of rotatable bonds is 3. The second-order valence-electron chi connectivity index (χ2n) is 8.07. The van der Waals surface area contributed by atoms with Gasteiger partial charge in [0.2, 0.25) is 11.8 Å². The summed E-state index contributed by atoms with van der Waals surface area (Å²) in [7, 11) is 0. The molecule has 2 amide bonds. The summed E-state index contributed by atoms with van der Waals surface area (Å²) in [6.45, 7) is 5.20. The molecule has 0 radical (unpaired) electrons. The summed E-state index contributed by atoms with van der Waals surface area (Å²) in [6.07, 6.45) is -0.288. The molecule has 0 saturated carbocycles. The van der Waals surface area contributed by atoms with Gasteiger partial charge >= 0.3 is 0 Å². The van der Waals surface area contributed by atoms with Crippen LogP contribution in [0.3, 0.4) is 0 Å². The fourth-order valence-corrected chi connectivity index (χ4v) is 4.85. The number of hydrogen-bond donors (Lipinski definition) is 0. The average Bonchev–Trinajstić information content (AvgIpc) is 3.23. The Morgan fingerprint density at radius 2 is 1.69 bits per heavy atom. The lowest BCUT2D eigenvalue weighted by molar-refractivity contribution is -0.131. The molecule has 4 nitrogen and oxygen atoms in total. The van der Waals surface area contributed by atoms with Crippen molar-refractivity contribution in [3.8, 4) is 0 Å². The molecule has 0 bridgehead atoms. The molecule has 152 valence electrons. The Morgan fingerprint density at radius 1 is 1.00 bits per heavy atom. The molecule has 2 fully saturated rings. The van der Waals surface area contributed by atoms with E-state index in [1.165, 1.54) is 18.2 Å². The molecular formula is C23H24F2N2O2. The third-order valence-corrected chi connectivity index (χ3v) is 6.32. The Kier molecular flexibility index (Phi) is 5.11. The summed E-state index contributed by atoms with van der Waals surface area (Å²) in [5.41, 5.74) is 2.03. The first-order chi connectivity index (χ1) is 13.9. The van der Waals surface area contributed by atoms with Crippen molar-refractivity contribution >= 4 is 11.8 Å². The lowest BCUT2D eigenvalue weighted by Crippen LogP contribution is -2.37. The summed E-state index contributed by atoms with van der Waals surface area (Å²) >= 11 is 0. The quantitative estimate of drug-likeness (QED) is 0.794. The first-order valence-corrected chi connectivity index (χ1v) is 9.90. The van der Waals surface area contributed by atoms with Crippen LogP contribution in [-0.4, -0.2) is 41.2 Å². The van der Waals surface area contributed by atoms with Crippen molar-refractivity contribution in [2.75, 3.05) is 19.6 Å². The SMILES string of the molecule is CC(=O)N1C[C@H]2CN(C(=O)Cc3c(F)cccc3F)C[C@H]2[C@@H]1c1ccccc1C. The van der Waals surface area contributed by atoms with Gasteiger partial charge in [-0.15, -0.1) is 0 Å². The molecule has 0 aliphatic carbocycles. The summed E-state index contributed by atoms with van der Waals surface area (Å²) in [5.74, 6) is -1.36. The van der Waals surface area contributed by atoms with Crippen molar-refractivity contribution in [3.05, 3.63) is 70.8 Å². The molecule has 0 N–H and O–H groups in total. The van der Waals surface area contributed by atoms with Crippen LogP contribution in [0.1, 0.15) is 29.7 Å². The number of likely N-dealkylation sites (tertiary alicyclic amines) is 2. The van der Waals surface area contributed by atoms with Gasteiger partial charge in [0.25, 0.3) is 0 Å². The van der Waals surface area contributed by atoms with Crippen molar-refractivity contribution in [2.45, 2.75) is 26.3 Å². The number of benzene rings is 2. The molecule has 2 aliphatic rings. The van der Waals surface area contributed by atoms with Crippen LogP contribution in [0.25, 0.3) is 0 Å². The van der Waals surface area contributed by atoms with Gasteiger partial charge < -0.3 is 9.80 Å². The highest BCUT2D eigenvalue weighted by atomic mass is 19.1. The number of halogens is 2. The Hall–Kier alpha value is -2.76. The van der Waals surface area contributed by atoms with E-state index in [1.807, 2.05) is 36.1 Å². The van der Waals surface area contributed by atoms with Gasteiger partial charge in [-0.3, -0.25) is 9.59 Å². The largest absolute Gasteiger partial charge is 0.342 e. The second-order valence-corrected chi connectivity index (χ2v) is 8.07. The molecule has 4 rings (SSSR count). The van der Waals surface area contributed by atoms with E-state index in [1.54, 1.807) is 11.8 Å². The molecule has 0 aromatic heterocycles. The van der Waals surface area contributed by atoms with Gasteiger partial charge in [-0.25, -0.2) is 8.78 Å². The smallest absolute Gasteiger partial charge is 0.227 e. The lowest BCUT2D eigenvalue weighted by Gasteiger charge is -2.30. The zero-order valence-electron chi connectivity index (χ0n) is 16.6. The second kappa shape index (κ2) is 7.58. The minimum Gasteiger partial charge on any atom is -0.342 e. The number of nitrogens with zero attached hydrogens (tertiary/aromatic N) is 2. The maximum atomic E-state index is 13.9. The predicted molar refractivity (Wildman–Crippen MR) is 105 cm³/mol. The van der Waals surface area contributed by atoms with E-state index in [9.17, 15) is 18.4 Å². The van der Waals surface area contributed by atoms with E-state index in [-0.39, 0.29) is 41.7 Å². The average molecular weight is 398 g/mol. The Balaban J connectivity index is 1.56. The van der Waals surface area contributed by atoms with Crippen LogP contribution >= 0.6 is 0 Å². The van der Waals surface area contributed by atoms with Crippen LogP contribution in [0, 0.1) is 30.4 Å². The molecule has 0 unspecified atom stereocenters. The lowest BCUT2D eigenvalue weighted by atomic mass is 9.87. The highest BCUT2D eigenvalue weighted by molar-refractivity contribution is 5.79. The molecule has 0 spiro atoms. The van der Waals surface area contributed by atoms with Crippen molar-refractivity contribution in [3.63, 3.8) is 0 Å². The van der Waals surface area contributed by atoms with Crippen LogP contribution in [0.4, 0.5) is 8.78 Å². The fraction of sp³-hybridized carbons (Fsp3) is 0.391. The topological polar surface area (TPSA) is 40.6 Å².